The Balaban J connectivity index is 2.09. The summed E-state index contributed by atoms with van der Waals surface area (Å²) in [5.74, 6) is -0.0271. The van der Waals surface area contributed by atoms with Crippen LogP contribution in [0.15, 0.2) is 16.7 Å². The summed E-state index contributed by atoms with van der Waals surface area (Å²) in [6, 6.07) is 1.57. The number of anilines is 1. The lowest BCUT2D eigenvalue weighted by atomic mass is 9.77. The molecule has 2 rings (SSSR count). The maximum absolute atomic E-state index is 12.3. The molecule has 1 aromatic heterocycles. The zero-order valence-electron chi connectivity index (χ0n) is 11.0. The minimum absolute atomic E-state index is 0.0271. The van der Waals surface area contributed by atoms with Gasteiger partial charge in [-0.15, -0.1) is 0 Å². The highest BCUT2D eigenvalue weighted by Gasteiger charge is 2.37. The van der Waals surface area contributed by atoms with E-state index in [1.54, 1.807) is 12.3 Å². The van der Waals surface area contributed by atoms with E-state index in [0.29, 0.717) is 15.3 Å². The normalized spacial score (nSPS) is 22.0. The van der Waals surface area contributed by atoms with Crippen molar-refractivity contribution in [3.05, 3.63) is 21.9 Å². The van der Waals surface area contributed by atoms with Crippen molar-refractivity contribution in [1.82, 2.24) is 10.3 Å². The van der Waals surface area contributed by atoms with Crippen LogP contribution in [-0.2, 0) is 4.79 Å². The topological polar surface area (TPSA) is 54.0 Å². The Labute approximate surface area is 126 Å². The number of amides is 1. The smallest absolute Gasteiger partial charge is 0.242 e. The van der Waals surface area contributed by atoms with Crippen molar-refractivity contribution in [1.29, 1.82) is 0 Å². The second-order valence-electron chi connectivity index (χ2n) is 5.47. The minimum atomic E-state index is -0.185. The van der Waals surface area contributed by atoms with E-state index in [1.165, 1.54) is 0 Å². The Morgan fingerprint density at radius 1 is 1.63 bits per heavy atom. The van der Waals surface area contributed by atoms with Crippen molar-refractivity contribution >= 4 is 39.1 Å². The molecule has 0 bridgehead atoms. The number of pyridine rings is 1. The molecule has 1 unspecified atom stereocenters. The molecule has 4 nitrogen and oxygen atoms in total. The summed E-state index contributed by atoms with van der Waals surface area (Å²) in [4.78, 5) is 16.3. The molecule has 0 aliphatic carbocycles. The lowest BCUT2D eigenvalue weighted by molar-refractivity contribution is -0.121. The standard InChI is InChI=1S/C13H17BrClN3O/c1-13(2)4-3-5-16-10(13)12(19)18-8-6-9(14)11(15)17-7-8/h6-7,10,16H,3-5H2,1-2H3,(H,18,19). The molecule has 1 amide bonds. The van der Waals surface area contributed by atoms with Gasteiger partial charge in [0.05, 0.1) is 22.4 Å². The number of carbonyl (C=O) groups is 1. The molecule has 1 fully saturated rings. The minimum Gasteiger partial charge on any atom is -0.323 e. The SMILES string of the molecule is CC1(C)CCCNC1C(=O)Nc1cnc(Cl)c(Br)c1. The number of rotatable bonds is 2. The predicted octanol–water partition coefficient (Wildman–Crippen LogP) is 3.21. The van der Waals surface area contributed by atoms with E-state index in [0.717, 1.165) is 19.4 Å². The molecule has 0 saturated carbocycles. The molecular formula is C13H17BrClN3O. The van der Waals surface area contributed by atoms with Crippen LogP contribution in [0.25, 0.3) is 0 Å². The first-order chi connectivity index (χ1) is 8.90. The molecule has 0 spiro atoms. The lowest BCUT2D eigenvalue weighted by Crippen LogP contribution is -2.53. The highest BCUT2D eigenvalue weighted by Crippen LogP contribution is 2.31. The zero-order valence-corrected chi connectivity index (χ0v) is 13.3. The lowest BCUT2D eigenvalue weighted by Gasteiger charge is -2.38. The first-order valence-electron chi connectivity index (χ1n) is 6.25. The maximum Gasteiger partial charge on any atom is 0.242 e. The fraction of sp³-hybridized carbons (Fsp3) is 0.538. The van der Waals surface area contributed by atoms with Crippen molar-refractivity contribution in [2.75, 3.05) is 11.9 Å². The van der Waals surface area contributed by atoms with Gasteiger partial charge < -0.3 is 10.6 Å². The second kappa shape index (κ2) is 5.77. The average molecular weight is 347 g/mol. The number of nitrogens with zero attached hydrogens (tertiary/aromatic N) is 1. The summed E-state index contributed by atoms with van der Waals surface area (Å²) in [5.41, 5.74) is 0.601. The van der Waals surface area contributed by atoms with E-state index in [2.05, 4.69) is 45.4 Å². The third-order valence-corrected chi connectivity index (χ3v) is 4.59. The number of hydrogen-bond acceptors (Lipinski definition) is 3. The first kappa shape index (κ1) is 14.8. The van der Waals surface area contributed by atoms with Crippen molar-refractivity contribution in [2.45, 2.75) is 32.7 Å². The Morgan fingerprint density at radius 2 is 2.37 bits per heavy atom. The number of hydrogen-bond donors (Lipinski definition) is 2. The van der Waals surface area contributed by atoms with Gasteiger partial charge in [-0.2, -0.15) is 0 Å². The molecule has 19 heavy (non-hydrogen) atoms. The molecule has 0 radical (unpaired) electrons. The third-order valence-electron chi connectivity index (χ3n) is 3.45. The number of halogens is 2. The molecule has 2 N–H and O–H groups in total. The second-order valence-corrected chi connectivity index (χ2v) is 6.68. The van der Waals surface area contributed by atoms with E-state index < -0.39 is 0 Å². The maximum atomic E-state index is 12.3. The Bertz CT molecular complexity index is 493. The fourth-order valence-electron chi connectivity index (χ4n) is 2.36. The Morgan fingerprint density at radius 3 is 3.00 bits per heavy atom. The molecule has 1 atom stereocenters. The molecular weight excluding hydrogens is 330 g/mol. The van der Waals surface area contributed by atoms with Crippen LogP contribution in [0.3, 0.4) is 0 Å². The average Bonchev–Trinajstić information content (AvgIpc) is 2.33. The number of nitrogens with one attached hydrogen (secondary N) is 2. The zero-order chi connectivity index (χ0) is 14.0. The molecule has 104 valence electrons. The van der Waals surface area contributed by atoms with Crippen LogP contribution in [0, 0.1) is 5.41 Å². The molecule has 1 aliphatic heterocycles. The quantitative estimate of drug-likeness (QED) is 0.809. The van der Waals surface area contributed by atoms with Crippen molar-refractivity contribution < 1.29 is 4.79 Å². The first-order valence-corrected chi connectivity index (χ1v) is 7.42. The van der Waals surface area contributed by atoms with Gasteiger partial charge in [0.1, 0.15) is 5.15 Å². The van der Waals surface area contributed by atoms with Gasteiger partial charge in [-0.3, -0.25) is 4.79 Å². The summed E-state index contributed by atoms with van der Waals surface area (Å²) < 4.78 is 0.669. The highest BCUT2D eigenvalue weighted by molar-refractivity contribution is 9.10. The molecule has 1 saturated heterocycles. The van der Waals surface area contributed by atoms with E-state index in [1.807, 2.05) is 0 Å². The number of carbonyl (C=O) groups excluding carboxylic acids is 1. The van der Waals surface area contributed by atoms with E-state index in [4.69, 9.17) is 11.6 Å². The summed E-state index contributed by atoms with van der Waals surface area (Å²) in [6.07, 6.45) is 3.70. The van der Waals surface area contributed by atoms with Crippen molar-refractivity contribution in [2.24, 2.45) is 5.41 Å². The Hall–Kier alpha value is -0.650. The van der Waals surface area contributed by atoms with Crippen LogP contribution in [0.1, 0.15) is 26.7 Å². The van der Waals surface area contributed by atoms with Crippen LogP contribution in [0.2, 0.25) is 5.15 Å². The van der Waals surface area contributed by atoms with Gasteiger partial charge in [0.15, 0.2) is 0 Å². The van der Waals surface area contributed by atoms with Crippen LogP contribution in [-0.4, -0.2) is 23.5 Å². The molecule has 6 heteroatoms. The van der Waals surface area contributed by atoms with Crippen LogP contribution in [0.4, 0.5) is 5.69 Å². The van der Waals surface area contributed by atoms with E-state index in [9.17, 15) is 4.79 Å². The van der Waals surface area contributed by atoms with Crippen molar-refractivity contribution in [3.63, 3.8) is 0 Å². The molecule has 1 aromatic rings. The van der Waals surface area contributed by atoms with Gasteiger partial charge in [-0.1, -0.05) is 25.4 Å². The van der Waals surface area contributed by atoms with E-state index in [-0.39, 0.29) is 17.4 Å². The highest BCUT2D eigenvalue weighted by atomic mass is 79.9. The third kappa shape index (κ3) is 3.46. The molecule has 2 heterocycles. The fourth-order valence-corrected chi connectivity index (χ4v) is 2.81. The van der Waals surface area contributed by atoms with Gasteiger partial charge in [-0.05, 0) is 46.8 Å². The van der Waals surface area contributed by atoms with E-state index >= 15 is 0 Å². The monoisotopic (exact) mass is 345 g/mol. The Kier molecular flexibility index (Phi) is 4.48. The summed E-state index contributed by atoms with van der Waals surface area (Å²) in [5, 5.41) is 6.55. The predicted molar refractivity (Wildman–Crippen MR) is 80.4 cm³/mol. The number of piperidine rings is 1. The summed E-state index contributed by atoms with van der Waals surface area (Å²) in [6.45, 7) is 5.10. The van der Waals surface area contributed by atoms with Crippen LogP contribution >= 0.6 is 27.5 Å². The summed E-state index contributed by atoms with van der Waals surface area (Å²) >= 11 is 9.12. The van der Waals surface area contributed by atoms with Gasteiger partial charge >= 0.3 is 0 Å². The number of aromatic nitrogens is 1. The van der Waals surface area contributed by atoms with Gasteiger partial charge in [0.2, 0.25) is 5.91 Å². The molecule has 1 aliphatic rings. The van der Waals surface area contributed by atoms with Gasteiger partial charge in [0, 0.05) is 0 Å². The van der Waals surface area contributed by atoms with Gasteiger partial charge in [0.25, 0.3) is 0 Å². The van der Waals surface area contributed by atoms with Gasteiger partial charge in [-0.25, -0.2) is 4.98 Å². The molecule has 0 aromatic carbocycles. The largest absolute Gasteiger partial charge is 0.323 e. The van der Waals surface area contributed by atoms with Crippen LogP contribution in [0.5, 0.6) is 0 Å². The van der Waals surface area contributed by atoms with Crippen molar-refractivity contribution in [3.8, 4) is 0 Å². The van der Waals surface area contributed by atoms with Crippen LogP contribution < -0.4 is 10.6 Å². The summed E-state index contributed by atoms with van der Waals surface area (Å²) in [7, 11) is 0.